The quantitative estimate of drug-likeness (QED) is 0.575. The van der Waals surface area contributed by atoms with Crippen molar-refractivity contribution in [1.29, 1.82) is 0 Å². The molecule has 1 aliphatic heterocycles. The molecule has 1 aliphatic carbocycles. The lowest BCUT2D eigenvalue weighted by Gasteiger charge is -2.37. The smallest absolute Gasteiger partial charge is 0.244 e. The molecule has 2 aromatic rings. The van der Waals surface area contributed by atoms with Gasteiger partial charge in [0.05, 0.1) is 0 Å². The van der Waals surface area contributed by atoms with Gasteiger partial charge in [-0.2, -0.15) is 5.10 Å². The van der Waals surface area contributed by atoms with E-state index in [1.165, 1.54) is 23.2 Å². The number of Topliss-reactive ketones (excluding diaryl/α,β-unsaturated/α-hetero) is 1. The second-order valence-corrected chi connectivity index (χ2v) is 8.64. The first-order valence-electron chi connectivity index (χ1n) is 11.1. The number of anilines is 1. The molecule has 0 atom stereocenters. The van der Waals surface area contributed by atoms with Gasteiger partial charge in [-0.1, -0.05) is 18.6 Å². The molecule has 2 heterocycles. The van der Waals surface area contributed by atoms with Gasteiger partial charge in [-0.25, -0.2) is 0 Å². The summed E-state index contributed by atoms with van der Waals surface area (Å²) in [4.78, 5) is 29.4. The van der Waals surface area contributed by atoms with E-state index in [2.05, 4.69) is 42.0 Å². The van der Waals surface area contributed by atoms with E-state index in [-0.39, 0.29) is 18.2 Å². The average Bonchev–Trinajstić information content (AvgIpc) is 2.91. The molecule has 6 nitrogen and oxygen atoms in total. The fourth-order valence-electron chi connectivity index (χ4n) is 4.76. The molecule has 1 aromatic carbocycles. The van der Waals surface area contributed by atoms with Crippen LogP contribution in [0.25, 0.3) is 0 Å². The van der Waals surface area contributed by atoms with Crippen LogP contribution < -0.4 is 4.90 Å². The van der Waals surface area contributed by atoms with E-state index in [0.717, 1.165) is 63.1 Å². The van der Waals surface area contributed by atoms with Crippen molar-refractivity contribution in [2.75, 3.05) is 31.1 Å². The first kappa shape index (κ1) is 20.6. The summed E-state index contributed by atoms with van der Waals surface area (Å²) in [6.45, 7) is 9.23. The number of carbonyl (C=O) groups excluding carboxylic acids is 2. The van der Waals surface area contributed by atoms with Crippen molar-refractivity contribution in [2.45, 2.75) is 59.4 Å². The maximum Gasteiger partial charge on any atom is 0.244 e. The molecule has 0 unspecified atom stereocenters. The summed E-state index contributed by atoms with van der Waals surface area (Å²) in [6.07, 6.45) is 5.16. The van der Waals surface area contributed by atoms with Crippen molar-refractivity contribution in [3.63, 3.8) is 0 Å². The third kappa shape index (κ3) is 4.00. The van der Waals surface area contributed by atoms with Crippen LogP contribution in [-0.2, 0) is 24.2 Å². The summed E-state index contributed by atoms with van der Waals surface area (Å²) in [7, 11) is 0. The first-order chi connectivity index (χ1) is 14.5. The van der Waals surface area contributed by atoms with Gasteiger partial charge in [-0.15, -0.1) is 0 Å². The van der Waals surface area contributed by atoms with Gasteiger partial charge < -0.3 is 9.80 Å². The van der Waals surface area contributed by atoms with Gasteiger partial charge in [-0.3, -0.25) is 14.3 Å². The Kier molecular flexibility index (Phi) is 5.93. The normalized spacial score (nSPS) is 16.9. The highest BCUT2D eigenvalue weighted by molar-refractivity contribution is 5.94. The zero-order valence-corrected chi connectivity index (χ0v) is 18.4. The van der Waals surface area contributed by atoms with E-state index in [1.807, 2.05) is 9.58 Å². The van der Waals surface area contributed by atoms with Crippen molar-refractivity contribution in [3.05, 3.63) is 46.3 Å². The highest BCUT2D eigenvalue weighted by Gasteiger charge is 2.26. The van der Waals surface area contributed by atoms with Crippen molar-refractivity contribution in [2.24, 2.45) is 0 Å². The number of nitrogens with zero attached hydrogens (tertiary/aromatic N) is 4. The summed E-state index contributed by atoms with van der Waals surface area (Å²) in [6, 6.07) is 6.41. The SMILES string of the molecule is CC(=O)c1nn(CC(=O)N2CCN(c3cccc(C)c3C)CC2)c2c1CCCCC2. The lowest BCUT2D eigenvalue weighted by molar-refractivity contribution is -0.132. The number of rotatable bonds is 4. The molecular formula is C24H32N4O2. The summed E-state index contributed by atoms with van der Waals surface area (Å²) >= 11 is 0. The monoisotopic (exact) mass is 408 g/mol. The maximum atomic E-state index is 13.0. The molecule has 1 aromatic heterocycles. The van der Waals surface area contributed by atoms with Crippen LogP contribution in [0.4, 0.5) is 5.69 Å². The number of ketones is 1. The molecule has 30 heavy (non-hydrogen) atoms. The van der Waals surface area contributed by atoms with Crippen LogP contribution in [0.2, 0.25) is 0 Å². The predicted octanol–water partition coefficient (Wildman–Crippen LogP) is 3.32. The molecule has 0 radical (unpaired) electrons. The Balaban J connectivity index is 1.44. The average molecular weight is 409 g/mol. The van der Waals surface area contributed by atoms with Crippen molar-refractivity contribution in [3.8, 4) is 0 Å². The van der Waals surface area contributed by atoms with Crippen LogP contribution in [0.3, 0.4) is 0 Å². The molecule has 2 aliphatic rings. The standard InChI is InChI=1S/C24H32N4O2/c1-17-8-7-11-21(18(17)2)26-12-14-27(15-13-26)23(30)16-28-22-10-6-4-5-9-20(22)24(25-28)19(3)29/h7-8,11H,4-6,9-10,12-16H2,1-3H3. The van der Waals surface area contributed by atoms with Crippen molar-refractivity contribution < 1.29 is 9.59 Å². The lowest BCUT2D eigenvalue weighted by atomic mass is 10.1. The number of piperazine rings is 1. The Morgan fingerprint density at radius 2 is 1.73 bits per heavy atom. The Labute approximate surface area is 178 Å². The number of amides is 1. The zero-order valence-electron chi connectivity index (χ0n) is 18.4. The molecule has 0 spiro atoms. The van der Waals surface area contributed by atoms with E-state index >= 15 is 0 Å². The second-order valence-electron chi connectivity index (χ2n) is 8.64. The predicted molar refractivity (Wildman–Crippen MR) is 118 cm³/mol. The molecular weight excluding hydrogens is 376 g/mol. The van der Waals surface area contributed by atoms with Gasteiger partial charge in [0.1, 0.15) is 12.2 Å². The van der Waals surface area contributed by atoms with Crippen LogP contribution in [0.1, 0.15) is 59.1 Å². The molecule has 6 heteroatoms. The minimum Gasteiger partial charge on any atom is -0.368 e. The Morgan fingerprint density at radius 3 is 2.47 bits per heavy atom. The van der Waals surface area contributed by atoms with E-state index in [9.17, 15) is 9.59 Å². The second kappa shape index (κ2) is 8.62. The van der Waals surface area contributed by atoms with Crippen LogP contribution in [0, 0.1) is 13.8 Å². The topological polar surface area (TPSA) is 58.4 Å². The number of aromatic nitrogens is 2. The van der Waals surface area contributed by atoms with Crippen molar-refractivity contribution >= 4 is 17.4 Å². The number of aryl methyl sites for hydroxylation is 1. The summed E-state index contributed by atoms with van der Waals surface area (Å²) < 4.78 is 1.82. The molecule has 0 bridgehead atoms. The summed E-state index contributed by atoms with van der Waals surface area (Å²) in [5, 5.41) is 4.56. The Bertz CT molecular complexity index is 954. The van der Waals surface area contributed by atoms with Crippen LogP contribution in [-0.4, -0.2) is 52.5 Å². The molecule has 4 rings (SSSR count). The van der Waals surface area contributed by atoms with Crippen LogP contribution in [0.5, 0.6) is 0 Å². The van der Waals surface area contributed by atoms with E-state index in [0.29, 0.717) is 5.69 Å². The van der Waals surface area contributed by atoms with Gasteiger partial charge in [0.2, 0.25) is 5.91 Å². The molecule has 0 saturated carbocycles. The van der Waals surface area contributed by atoms with Crippen molar-refractivity contribution in [1.82, 2.24) is 14.7 Å². The van der Waals surface area contributed by atoms with Gasteiger partial charge in [0, 0.05) is 50.0 Å². The first-order valence-corrected chi connectivity index (χ1v) is 11.1. The van der Waals surface area contributed by atoms with Crippen LogP contribution >= 0.6 is 0 Å². The van der Waals surface area contributed by atoms with Gasteiger partial charge >= 0.3 is 0 Å². The van der Waals surface area contributed by atoms with Crippen LogP contribution in [0.15, 0.2) is 18.2 Å². The fraction of sp³-hybridized carbons (Fsp3) is 0.542. The molecule has 0 N–H and O–H groups in total. The zero-order chi connectivity index (χ0) is 21.3. The van der Waals surface area contributed by atoms with E-state index in [1.54, 1.807) is 6.92 Å². The highest BCUT2D eigenvalue weighted by Crippen LogP contribution is 2.26. The molecule has 1 fully saturated rings. The number of carbonyl (C=O) groups is 2. The number of benzene rings is 1. The number of fused-ring (bicyclic) bond motifs is 1. The molecule has 1 saturated heterocycles. The molecule has 1 amide bonds. The minimum absolute atomic E-state index is 0.00138. The number of hydrogen-bond donors (Lipinski definition) is 0. The largest absolute Gasteiger partial charge is 0.368 e. The highest BCUT2D eigenvalue weighted by atomic mass is 16.2. The summed E-state index contributed by atoms with van der Waals surface area (Å²) in [5.41, 5.74) is 6.62. The van der Waals surface area contributed by atoms with E-state index < -0.39 is 0 Å². The molecule has 160 valence electrons. The van der Waals surface area contributed by atoms with Gasteiger partial charge in [0.25, 0.3) is 0 Å². The van der Waals surface area contributed by atoms with Gasteiger partial charge in [0.15, 0.2) is 5.78 Å². The fourth-order valence-corrected chi connectivity index (χ4v) is 4.76. The lowest BCUT2D eigenvalue weighted by Crippen LogP contribution is -2.50. The Hall–Kier alpha value is -2.63. The van der Waals surface area contributed by atoms with E-state index in [4.69, 9.17) is 0 Å². The maximum absolute atomic E-state index is 13.0. The van der Waals surface area contributed by atoms with Gasteiger partial charge in [-0.05, 0) is 56.7 Å². The number of hydrogen-bond acceptors (Lipinski definition) is 4. The minimum atomic E-state index is 0.00138. The Morgan fingerprint density at radius 1 is 1.00 bits per heavy atom. The third-order valence-electron chi connectivity index (χ3n) is 6.67. The summed E-state index contributed by atoms with van der Waals surface area (Å²) in [5.74, 6) is 0.0988. The third-order valence-corrected chi connectivity index (χ3v) is 6.67.